The van der Waals surface area contributed by atoms with Gasteiger partial charge in [0.25, 0.3) is 5.91 Å². The molecule has 1 saturated heterocycles. The maximum atomic E-state index is 12.3. The molecule has 12 heteroatoms. The molecule has 0 radical (unpaired) electrons. The van der Waals surface area contributed by atoms with E-state index in [1.54, 1.807) is 28.8 Å². The van der Waals surface area contributed by atoms with Crippen molar-refractivity contribution in [3.8, 4) is 17.2 Å². The van der Waals surface area contributed by atoms with E-state index in [1.807, 2.05) is 23.2 Å². The number of anilines is 2. The fourth-order valence-corrected chi connectivity index (χ4v) is 5.12. The van der Waals surface area contributed by atoms with Gasteiger partial charge >= 0.3 is 0 Å². The number of sulfone groups is 1. The number of nitrogens with one attached hydrogen (secondary N) is 1. The minimum Gasteiger partial charge on any atom is -0.378 e. The van der Waals surface area contributed by atoms with Crippen LogP contribution in [0.5, 0.6) is 0 Å². The molecular formula is C25H24N8O3S. The van der Waals surface area contributed by atoms with Gasteiger partial charge in [-0.3, -0.25) is 4.79 Å². The Bertz CT molecular complexity index is 1640. The minimum absolute atomic E-state index is 0.0454. The van der Waals surface area contributed by atoms with Gasteiger partial charge in [-0.25, -0.2) is 22.9 Å². The van der Waals surface area contributed by atoms with Crippen LogP contribution in [0.15, 0.2) is 60.0 Å². The van der Waals surface area contributed by atoms with Crippen LogP contribution < -0.4 is 16.0 Å². The first kappa shape index (κ1) is 24.2. The van der Waals surface area contributed by atoms with Crippen LogP contribution in [-0.2, 0) is 9.84 Å². The number of primary amides is 1. The van der Waals surface area contributed by atoms with Crippen molar-refractivity contribution in [3.63, 3.8) is 0 Å². The molecular weight excluding hydrogens is 492 g/mol. The number of nitriles is 1. The Morgan fingerprint density at radius 2 is 1.84 bits per heavy atom. The highest BCUT2D eigenvalue weighted by Crippen LogP contribution is 2.32. The van der Waals surface area contributed by atoms with Crippen LogP contribution >= 0.6 is 0 Å². The van der Waals surface area contributed by atoms with Crippen LogP contribution in [-0.4, -0.2) is 59.3 Å². The highest BCUT2D eigenvalue weighted by molar-refractivity contribution is 7.90. The number of fused-ring (bicyclic) bond motifs is 1. The predicted octanol–water partition coefficient (Wildman–Crippen LogP) is 2.10. The monoisotopic (exact) mass is 516 g/mol. The number of rotatable bonds is 6. The third-order valence-electron chi connectivity index (χ3n) is 6.51. The van der Waals surface area contributed by atoms with Gasteiger partial charge in [-0.1, -0.05) is 19.1 Å². The molecule has 0 bridgehead atoms. The van der Waals surface area contributed by atoms with E-state index in [4.69, 9.17) is 11.0 Å². The molecule has 5 rings (SSSR count). The number of hydrogen-bond acceptors (Lipinski definition) is 9. The summed E-state index contributed by atoms with van der Waals surface area (Å²) in [6.45, 7) is 3.37. The van der Waals surface area contributed by atoms with Crippen LogP contribution in [0, 0.1) is 17.2 Å². The molecule has 3 aromatic heterocycles. The lowest BCUT2D eigenvalue weighted by Gasteiger charge is -2.20. The van der Waals surface area contributed by atoms with E-state index in [9.17, 15) is 13.2 Å². The smallest absolute Gasteiger partial charge is 0.252 e. The van der Waals surface area contributed by atoms with E-state index >= 15 is 0 Å². The maximum absolute atomic E-state index is 12.3. The molecule has 11 nitrogen and oxygen atoms in total. The van der Waals surface area contributed by atoms with Gasteiger partial charge in [-0.05, 0) is 29.7 Å². The summed E-state index contributed by atoms with van der Waals surface area (Å²) in [5.41, 5.74) is 9.21. The van der Waals surface area contributed by atoms with Crippen molar-refractivity contribution in [2.75, 3.05) is 29.6 Å². The van der Waals surface area contributed by atoms with E-state index in [-0.39, 0.29) is 22.4 Å². The summed E-state index contributed by atoms with van der Waals surface area (Å²) >= 11 is 0. The first-order chi connectivity index (χ1) is 17.6. The zero-order valence-electron chi connectivity index (χ0n) is 20.2. The highest BCUT2D eigenvalue weighted by atomic mass is 32.2. The van der Waals surface area contributed by atoms with Crippen molar-refractivity contribution in [2.24, 2.45) is 11.7 Å². The van der Waals surface area contributed by atoms with Crippen LogP contribution in [0.25, 0.3) is 16.6 Å². The summed E-state index contributed by atoms with van der Waals surface area (Å²) in [7, 11) is -3.30. The van der Waals surface area contributed by atoms with Gasteiger partial charge in [0.05, 0.1) is 45.8 Å². The number of hydrogen-bond donors (Lipinski definition) is 2. The number of carbonyl (C=O) groups excluding carboxylic acids is 1. The second-order valence-electron chi connectivity index (χ2n) is 9.17. The lowest BCUT2D eigenvalue weighted by molar-refractivity contribution is 0.100. The number of nitrogens with zero attached hydrogens (tertiary/aromatic N) is 6. The number of amides is 1. The zero-order chi connectivity index (χ0) is 26.3. The van der Waals surface area contributed by atoms with Crippen LogP contribution in [0.3, 0.4) is 0 Å². The van der Waals surface area contributed by atoms with Crippen molar-refractivity contribution in [2.45, 2.75) is 17.9 Å². The highest BCUT2D eigenvalue weighted by Gasteiger charge is 2.32. The molecule has 2 atom stereocenters. The van der Waals surface area contributed by atoms with Crippen LogP contribution in [0.2, 0.25) is 0 Å². The SMILES string of the molecule is C[C@H]1CN(c2ncc(C#N)cn2)C[C@H]1Nc1c(C(N)=O)cnn2cc(-c3ccc(S(C)(=O)=O)cc3)cc12. The standard InChI is InChI=1S/C25H24N8O3S/c1-15-12-32(25-28-9-16(8-26)10-29-25)14-21(15)31-23-20(24(27)34)11-30-33-13-18(7-22(23)33)17-3-5-19(6-4-17)37(2,35)36/h3-7,9-11,13,15,21,31H,12,14H2,1-2H3,(H2,27,34)/t15-,21+/m0/s1. The number of aromatic nitrogens is 4. The molecule has 0 spiro atoms. The average Bonchev–Trinajstić information content (AvgIpc) is 3.47. The molecule has 1 aliphatic heterocycles. The van der Waals surface area contributed by atoms with Crippen molar-refractivity contribution in [3.05, 3.63) is 66.2 Å². The molecule has 0 aliphatic carbocycles. The summed E-state index contributed by atoms with van der Waals surface area (Å²) in [6.07, 6.45) is 7.41. The normalized spacial score (nSPS) is 17.6. The molecule has 1 amide bonds. The van der Waals surface area contributed by atoms with Crippen LogP contribution in [0.1, 0.15) is 22.8 Å². The summed E-state index contributed by atoms with van der Waals surface area (Å²) < 4.78 is 25.3. The van der Waals surface area contributed by atoms with Gasteiger partial charge in [-0.2, -0.15) is 10.4 Å². The Morgan fingerprint density at radius 1 is 1.14 bits per heavy atom. The van der Waals surface area contributed by atoms with E-state index in [1.165, 1.54) is 24.8 Å². The van der Waals surface area contributed by atoms with Gasteiger partial charge in [0.2, 0.25) is 5.95 Å². The van der Waals surface area contributed by atoms with Gasteiger partial charge in [0, 0.05) is 37.1 Å². The summed E-state index contributed by atoms with van der Waals surface area (Å²) in [4.78, 5) is 23.2. The molecule has 1 aromatic carbocycles. The summed E-state index contributed by atoms with van der Waals surface area (Å²) in [5, 5.41) is 16.9. The van der Waals surface area contributed by atoms with Crippen LogP contribution in [0.4, 0.5) is 11.6 Å². The fourth-order valence-electron chi connectivity index (χ4n) is 4.49. The second kappa shape index (κ2) is 9.18. The number of benzene rings is 1. The van der Waals surface area contributed by atoms with Gasteiger partial charge in [0.1, 0.15) is 6.07 Å². The number of nitrogens with two attached hydrogens (primary N) is 1. The van der Waals surface area contributed by atoms with Crippen molar-refractivity contribution < 1.29 is 13.2 Å². The molecule has 0 saturated carbocycles. The molecule has 4 heterocycles. The Balaban J connectivity index is 1.47. The second-order valence-corrected chi connectivity index (χ2v) is 11.2. The topological polar surface area (TPSA) is 159 Å². The molecule has 3 N–H and O–H groups in total. The summed E-state index contributed by atoms with van der Waals surface area (Å²) in [6, 6.07) is 10.5. The van der Waals surface area contributed by atoms with Gasteiger partial charge in [-0.15, -0.1) is 0 Å². The Kier molecular flexibility index (Phi) is 6.01. The maximum Gasteiger partial charge on any atom is 0.252 e. The molecule has 1 aliphatic rings. The summed E-state index contributed by atoms with van der Waals surface area (Å²) in [5.74, 6) is 0.120. The van der Waals surface area contributed by atoms with Gasteiger partial charge in [0.15, 0.2) is 9.84 Å². The third-order valence-corrected chi connectivity index (χ3v) is 7.64. The molecule has 4 aromatic rings. The first-order valence-electron chi connectivity index (χ1n) is 11.5. The number of carbonyl (C=O) groups is 1. The largest absolute Gasteiger partial charge is 0.378 e. The Labute approximate surface area is 213 Å². The molecule has 188 valence electrons. The Morgan fingerprint density at radius 3 is 2.46 bits per heavy atom. The third kappa shape index (κ3) is 4.68. The van der Waals surface area contributed by atoms with Crippen molar-refractivity contribution in [1.29, 1.82) is 5.26 Å². The predicted molar refractivity (Wildman–Crippen MR) is 138 cm³/mol. The van der Waals surface area contributed by atoms with Crippen molar-refractivity contribution in [1.82, 2.24) is 19.6 Å². The van der Waals surface area contributed by atoms with E-state index in [0.717, 1.165) is 11.1 Å². The quantitative estimate of drug-likeness (QED) is 0.391. The molecule has 37 heavy (non-hydrogen) atoms. The minimum atomic E-state index is -3.30. The lowest BCUT2D eigenvalue weighted by Crippen LogP contribution is -2.30. The average molecular weight is 517 g/mol. The Hall–Kier alpha value is -4.50. The molecule has 1 fully saturated rings. The van der Waals surface area contributed by atoms with E-state index < -0.39 is 15.7 Å². The van der Waals surface area contributed by atoms with E-state index in [2.05, 4.69) is 27.3 Å². The fraction of sp³-hybridized carbons (Fsp3) is 0.240. The molecule has 0 unspecified atom stereocenters. The van der Waals surface area contributed by atoms with Gasteiger partial charge < -0.3 is 16.0 Å². The lowest BCUT2D eigenvalue weighted by atomic mass is 10.0. The first-order valence-corrected chi connectivity index (χ1v) is 13.4. The zero-order valence-corrected chi connectivity index (χ0v) is 21.0. The van der Waals surface area contributed by atoms with E-state index in [0.29, 0.717) is 35.8 Å². The van der Waals surface area contributed by atoms with Crippen molar-refractivity contribution >= 4 is 32.9 Å².